The van der Waals surface area contributed by atoms with Crippen LogP contribution in [0.4, 0.5) is 0 Å². The second-order valence-corrected chi connectivity index (χ2v) is 7.17. The fourth-order valence-electron chi connectivity index (χ4n) is 1.58. The lowest BCUT2D eigenvalue weighted by atomic mass is 10.0. The average Bonchev–Trinajstić information content (AvgIpc) is 2.77. The van der Waals surface area contributed by atoms with Crippen LogP contribution in [0.5, 0.6) is 0 Å². The quantitative estimate of drug-likeness (QED) is 0.591. The smallest absolute Gasteiger partial charge is 0.306 e. The first-order valence-electron chi connectivity index (χ1n) is 6.48. The van der Waals surface area contributed by atoms with Crippen molar-refractivity contribution in [2.24, 2.45) is 0 Å². The maximum atomic E-state index is 11.6. The minimum Gasteiger partial charge on any atom is -0.481 e. The Morgan fingerprint density at radius 2 is 2.24 bits per heavy atom. The molecule has 6 nitrogen and oxygen atoms in total. The molecule has 0 saturated carbocycles. The second-order valence-electron chi connectivity index (χ2n) is 5.00. The second kappa shape index (κ2) is 8.35. The summed E-state index contributed by atoms with van der Waals surface area (Å²) in [4.78, 5) is 26.5. The topological polar surface area (TPSA) is 99.5 Å². The zero-order valence-electron chi connectivity index (χ0n) is 12.1. The molecule has 1 atom stereocenters. The number of carboxylic acid groups (broad SMARTS) is 1. The summed E-state index contributed by atoms with van der Waals surface area (Å²) in [5.41, 5.74) is -0.403. The van der Waals surface area contributed by atoms with Gasteiger partial charge in [-0.1, -0.05) is 0 Å². The molecule has 0 aliphatic heterocycles. The largest absolute Gasteiger partial charge is 0.481 e. The van der Waals surface area contributed by atoms with Crippen LogP contribution < -0.4 is 5.32 Å². The number of aliphatic hydroxyl groups is 1. The van der Waals surface area contributed by atoms with Gasteiger partial charge in [-0.15, -0.1) is 11.3 Å². The number of carbonyl (C=O) groups is 2. The molecular formula is C13H20N2O4S2. The highest BCUT2D eigenvalue weighted by Crippen LogP contribution is 2.15. The Morgan fingerprint density at radius 3 is 2.81 bits per heavy atom. The van der Waals surface area contributed by atoms with Gasteiger partial charge in [0.05, 0.1) is 22.7 Å². The number of thiazole rings is 1. The predicted molar refractivity (Wildman–Crippen MR) is 83.5 cm³/mol. The summed E-state index contributed by atoms with van der Waals surface area (Å²) >= 11 is 3.22. The summed E-state index contributed by atoms with van der Waals surface area (Å²) in [5.74, 6) is 0.142. The van der Waals surface area contributed by atoms with Crippen LogP contribution in [0, 0.1) is 6.92 Å². The van der Waals surface area contributed by atoms with Crippen molar-refractivity contribution in [1.82, 2.24) is 10.3 Å². The molecule has 118 valence electrons. The van der Waals surface area contributed by atoms with Crippen molar-refractivity contribution in [3.05, 3.63) is 16.1 Å². The number of thioether (sulfide) groups is 1. The molecular weight excluding hydrogens is 312 g/mol. The molecule has 0 radical (unpaired) electrons. The molecule has 3 N–H and O–H groups in total. The molecule has 21 heavy (non-hydrogen) atoms. The van der Waals surface area contributed by atoms with E-state index >= 15 is 0 Å². The minimum absolute atomic E-state index is 0.0614. The van der Waals surface area contributed by atoms with Gasteiger partial charge < -0.3 is 15.5 Å². The molecule has 0 aliphatic rings. The van der Waals surface area contributed by atoms with E-state index < -0.39 is 18.0 Å². The molecule has 8 heteroatoms. The molecule has 1 aromatic heterocycles. The lowest BCUT2D eigenvalue weighted by Gasteiger charge is -2.21. The molecule has 1 aromatic rings. The van der Waals surface area contributed by atoms with Crippen LogP contribution in [0.1, 0.15) is 30.5 Å². The van der Waals surface area contributed by atoms with Gasteiger partial charge in [-0.25, -0.2) is 4.98 Å². The molecule has 1 rings (SSSR count). The Labute approximate surface area is 132 Å². The van der Waals surface area contributed by atoms with E-state index in [9.17, 15) is 14.7 Å². The highest BCUT2D eigenvalue weighted by Gasteiger charge is 2.24. The Hall–Kier alpha value is -1.12. The van der Waals surface area contributed by atoms with Gasteiger partial charge in [0.15, 0.2) is 0 Å². The Kier molecular flexibility index (Phi) is 7.13. The molecule has 0 aliphatic carbocycles. The monoisotopic (exact) mass is 332 g/mol. The third-order valence-electron chi connectivity index (χ3n) is 2.59. The van der Waals surface area contributed by atoms with Gasteiger partial charge in [0.1, 0.15) is 0 Å². The summed E-state index contributed by atoms with van der Waals surface area (Å²) in [6.07, 6.45) is -0.0673. The van der Waals surface area contributed by atoms with Crippen LogP contribution in [0.15, 0.2) is 5.38 Å². The first-order valence-corrected chi connectivity index (χ1v) is 8.51. The number of aliphatic carboxylic acids is 1. The van der Waals surface area contributed by atoms with E-state index in [4.69, 9.17) is 5.11 Å². The van der Waals surface area contributed by atoms with Crippen LogP contribution in [0.25, 0.3) is 0 Å². The van der Waals surface area contributed by atoms with Crippen LogP contribution >= 0.6 is 23.1 Å². The average molecular weight is 332 g/mol. The molecule has 0 fully saturated rings. The number of hydrogen-bond acceptors (Lipinski definition) is 6. The van der Waals surface area contributed by atoms with Crippen LogP contribution in [0.2, 0.25) is 0 Å². The van der Waals surface area contributed by atoms with Crippen molar-refractivity contribution in [2.45, 2.75) is 38.0 Å². The van der Waals surface area contributed by atoms with Gasteiger partial charge >= 0.3 is 5.97 Å². The summed E-state index contributed by atoms with van der Waals surface area (Å²) in [6, 6.07) is 0. The number of nitrogens with zero attached hydrogens (tertiary/aromatic N) is 1. The lowest BCUT2D eigenvalue weighted by molar-refractivity contribution is -0.142. The first-order chi connectivity index (χ1) is 9.78. The summed E-state index contributed by atoms with van der Waals surface area (Å²) in [7, 11) is 0. The first kappa shape index (κ1) is 17.9. The molecule has 0 aromatic carbocycles. The van der Waals surface area contributed by atoms with E-state index in [1.807, 2.05) is 12.3 Å². The summed E-state index contributed by atoms with van der Waals surface area (Å²) in [6.45, 7) is 3.28. The van der Waals surface area contributed by atoms with Crippen LogP contribution in [-0.4, -0.2) is 45.0 Å². The Morgan fingerprint density at radius 1 is 1.52 bits per heavy atom. The molecule has 0 spiro atoms. The van der Waals surface area contributed by atoms with Gasteiger partial charge in [-0.05, 0) is 13.8 Å². The van der Waals surface area contributed by atoms with E-state index in [2.05, 4.69) is 10.3 Å². The van der Waals surface area contributed by atoms with Gasteiger partial charge in [-0.3, -0.25) is 9.59 Å². The van der Waals surface area contributed by atoms with E-state index in [1.165, 1.54) is 6.92 Å². The number of nitrogens with one attached hydrogen (secondary N) is 1. The van der Waals surface area contributed by atoms with Gasteiger partial charge in [0.2, 0.25) is 5.91 Å². The lowest BCUT2D eigenvalue weighted by Crippen LogP contribution is -2.42. The molecule has 1 unspecified atom stereocenters. The maximum Gasteiger partial charge on any atom is 0.306 e. The fraction of sp³-hybridized carbons (Fsp3) is 0.615. The van der Waals surface area contributed by atoms with Crippen molar-refractivity contribution in [3.63, 3.8) is 0 Å². The number of rotatable bonds is 9. The number of aromatic nitrogens is 1. The number of carboxylic acids is 1. The van der Waals surface area contributed by atoms with Crippen LogP contribution in [0.3, 0.4) is 0 Å². The van der Waals surface area contributed by atoms with Gasteiger partial charge in [0.25, 0.3) is 0 Å². The molecule has 1 amide bonds. The third-order valence-corrected chi connectivity index (χ3v) is 4.40. The number of amides is 1. The fourth-order valence-corrected chi connectivity index (χ4v) is 3.13. The highest BCUT2D eigenvalue weighted by atomic mass is 32.2. The van der Waals surface area contributed by atoms with Crippen LogP contribution in [-0.2, 0) is 15.3 Å². The van der Waals surface area contributed by atoms with Crippen molar-refractivity contribution in [1.29, 1.82) is 0 Å². The molecule has 1 heterocycles. The standard InChI is InChI=1S/C13H20N2O4S2/c1-9-15-10(7-21-9)6-20-4-3-11(16)14-8-13(2,19)5-12(17)18/h7,19H,3-6,8H2,1-2H3,(H,14,16)(H,17,18). The summed E-state index contributed by atoms with van der Waals surface area (Å²) in [5, 5.41) is 24.0. The van der Waals surface area contributed by atoms with E-state index in [1.54, 1.807) is 23.1 Å². The normalized spacial score (nSPS) is 13.7. The molecule has 0 saturated heterocycles. The van der Waals surface area contributed by atoms with Gasteiger partial charge in [0, 0.05) is 29.9 Å². The predicted octanol–water partition coefficient (Wildman–Crippen LogP) is 1.42. The van der Waals surface area contributed by atoms with E-state index in [0.717, 1.165) is 16.5 Å². The zero-order valence-corrected chi connectivity index (χ0v) is 13.7. The number of carbonyl (C=O) groups excluding carboxylic acids is 1. The number of hydrogen-bond donors (Lipinski definition) is 3. The van der Waals surface area contributed by atoms with Crippen molar-refractivity contribution in [2.75, 3.05) is 12.3 Å². The third kappa shape index (κ3) is 8.03. The van der Waals surface area contributed by atoms with Crippen molar-refractivity contribution < 1.29 is 19.8 Å². The zero-order chi connectivity index (χ0) is 15.9. The number of aryl methyl sites for hydroxylation is 1. The van der Waals surface area contributed by atoms with Crippen molar-refractivity contribution in [3.8, 4) is 0 Å². The van der Waals surface area contributed by atoms with E-state index in [0.29, 0.717) is 12.2 Å². The van der Waals surface area contributed by atoms with E-state index in [-0.39, 0.29) is 12.5 Å². The van der Waals surface area contributed by atoms with Crippen molar-refractivity contribution >= 4 is 35.0 Å². The summed E-state index contributed by atoms with van der Waals surface area (Å²) < 4.78 is 0. The van der Waals surface area contributed by atoms with Gasteiger partial charge in [-0.2, -0.15) is 11.8 Å². The molecule has 0 bridgehead atoms. The maximum absolute atomic E-state index is 11.6. The minimum atomic E-state index is -1.42. The SMILES string of the molecule is Cc1nc(CSCCC(=O)NCC(C)(O)CC(=O)O)cs1. The Balaban J connectivity index is 2.15. The Bertz CT molecular complexity index is 488. The highest BCUT2D eigenvalue weighted by molar-refractivity contribution is 7.98.